The molecule has 0 amide bonds. The third-order valence-electron chi connectivity index (χ3n) is 2.96. The highest BCUT2D eigenvalue weighted by molar-refractivity contribution is 5.88. The van der Waals surface area contributed by atoms with Gasteiger partial charge in [0.1, 0.15) is 0 Å². The van der Waals surface area contributed by atoms with Crippen molar-refractivity contribution in [2.75, 3.05) is 6.61 Å². The van der Waals surface area contributed by atoms with Gasteiger partial charge in [-0.2, -0.15) is 0 Å². The Morgan fingerprint density at radius 3 is 2.41 bits per heavy atom. The maximum atomic E-state index is 11.6. The van der Waals surface area contributed by atoms with Crippen molar-refractivity contribution < 1.29 is 14.6 Å². The summed E-state index contributed by atoms with van der Waals surface area (Å²) in [5, 5.41) is 10.1. The zero-order valence-electron chi connectivity index (χ0n) is 11.4. The van der Waals surface area contributed by atoms with Crippen LogP contribution in [0.5, 0.6) is 0 Å². The monoisotopic (exact) mass is 242 g/mol. The number of aliphatic hydroxyl groups excluding tert-OH is 1. The van der Waals surface area contributed by atoms with Crippen molar-refractivity contribution in [1.29, 1.82) is 0 Å². The Hall–Kier alpha value is -0.830. The summed E-state index contributed by atoms with van der Waals surface area (Å²) in [5.41, 5.74) is 0.196. The summed E-state index contributed by atoms with van der Waals surface area (Å²) in [4.78, 5) is 11.6. The summed E-state index contributed by atoms with van der Waals surface area (Å²) in [6.45, 7) is 10.1. The number of aliphatic hydroxyl groups is 1. The van der Waals surface area contributed by atoms with Crippen LogP contribution in [-0.2, 0) is 9.53 Å². The molecule has 0 aromatic heterocycles. The van der Waals surface area contributed by atoms with E-state index >= 15 is 0 Å². The number of carbonyl (C=O) groups excluding carboxylic acids is 1. The van der Waals surface area contributed by atoms with E-state index in [1.54, 1.807) is 0 Å². The summed E-state index contributed by atoms with van der Waals surface area (Å²) in [7, 11) is 0. The maximum absolute atomic E-state index is 11.6. The van der Waals surface area contributed by atoms with E-state index in [4.69, 9.17) is 4.74 Å². The topological polar surface area (TPSA) is 46.5 Å². The van der Waals surface area contributed by atoms with Crippen LogP contribution in [0.15, 0.2) is 12.2 Å². The van der Waals surface area contributed by atoms with Crippen molar-refractivity contribution >= 4 is 5.97 Å². The van der Waals surface area contributed by atoms with Gasteiger partial charge in [0.2, 0.25) is 0 Å². The molecule has 0 aliphatic rings. The van der Waals surface area contributed by atoms with Crippen molar-refractivity contribution in [1.82, 2.24) is 0 Å². The van der Waals surface area contributed by atoms with E-state index < -0.39 is 12.1 Å². The summed E-state index contributed by atoms with van der Waals surface area (Å²) < 4.78 is 4.97. The second-order valence-corrected chi connectivity index (χ2v) is 4.42. The zero-order chi connectivity index (χ0) is 13.3. The Bertz CT molecular complexity index is 236. The highest BCUT2D eigenvalue weighted by Gasteiger charge is 2.24. The number of rotatable bonds is 9. The lowest BCUT2D eigenvalue weighted by Crippen LogP contribution is -2.27. The van der Waals surface area contributed by atoms with Crippen LogP contribution in [0.2, 0.25) is 0 Å². The quantitative estimate of drug-likeness (QED) is 0.499. The Balaban J connectivity index is 4.28. The number of esters is 1. The molecule has 0 heterocycles. The second-order valence-electron chi connectivity index (χ2n) is 4.42. The summed E-state index contributed by atoms with van der Waals surface area (Å²) in [6.07, 6.45) is 3.94. The predicted molar refractivity (Wildman–Crippen MR) is 69.7 cm³/mol. The lowest BCUT2D eigenvalue weighted by molar-refractivity contribution is -0.140. The third-order valence-corrected chi connectivity index (χ3v) is 2.96. The molecule has 0 aliphatic carbocycles. The van der Waals surface area contributed by atoms with Crippen molar-refractivity contribution in [2.24, 2.45) is 5.92 Å². The van der Waals surface area contributed by atoms with E-state index in [1.807, 2.05) is 13.8 Å². The van der Waals surface area contributed by atoms with E-state index in [0.29, 0.717) is 6.61 Å². The average Bonchev–Trinajstić information content (AvgIpc) is 2.35. The van der Waals surface area contributed by atoms with Crippen LogP contribution in [0.4, 0.5) is 0 Å². The first-order valence-corrected chi connectivity index (χ1v) is 6.62. The molecule has 2 unspecified atom stereocenters. The lowest BCUT2D eigenvalue weighted by atomic mass is 9.89. The molecule has 1 N–H and O–H groups in total. The SMILES string of the molecule is C=C(C(=O)OCCC)C(O)C(CC)CCCC. The normalized spacial score (nSPS) is 14.1. The van der Waals surface area contributed by atoms with Gasteiger partial charge in [-0.25, -0.2) is 4.79 Å². The highest BCUT2D eigenvalue weighted by Crippen LogP contribution is 2.22. The van der Waals surface area contributed by atoms with E-state index in [2.05, 4.69) is 13.5 Å². The van der Waals surface area contributed by atoms with Gasteiger partial charge < -0.3 is 9.84 Å². The van der Waals surface area contributed by atoms with Crippen molar-refractivity contribution in [3.8, 4) is 0 Å². The molecular formula is C14H26O3. The van der Waals surface area contributed by atoms with Gasteiger partial charge in [0, 0.05) is 0 Å². The molecule has 0 aliphatic heterocycles. The van der Waals surface area contributed by atoms with E-state index in [1.165, 1.54) is 0 Å². The molecule has 100 valence electrons. The van der Waals surface area contributed by atoms with Gasteiger partial charge in [0.25, 0.3) is 0 Å². The minimum absolute atomic E-state index is 0.108. The van der Waals surface area contributed by atoms with Crippen LogP contribution in [0.25, 0.3) is 0 Å². The van der Waals surface area contributed by atoms with E-state index in [0.717, 1.165) is 32.1 Å². The first-order valence-electron chi connectivity index (χ1n) is 6.62. The van der Waals surface area contributed by atoms with Crippen LogP contribution >= 0.6 is 0 Å². The maximum Gasteiger partial charge on any atom is 0.336 e. The molecule has 0 rings (SSSR count). The number of hydrogen-bond acceptors (Lipinski definition) is 3. The minimum atomic E-state index is -0.768. The molecule has 0 saturated carbocycles. The molecule has 17 heavy (non-hydrogen) atoms. The molecule has 3 heteroatoms. The predicted octanol–water partition coefficient (Wildman–Crippen LogP) is 3.07. The summed E-state index contributed by atoms with van der Waals surface area (Å²) in [6, 6.07) is 0. The number of unbranched alkanes of at least 4 members (excludes halogenated alkanes) is 1. The van der Waals surface area contributed by atoms with Crippen LogP contribution in [-0.4, -0.2) is 23.8 Å². The van der Waals surface area contributed by atoms with Gasteiger partial charge in [-0.1, -0.05) is 46.6 Å². The molecule has 0 spiro atoms. The van der Waals surface area contributed by atoms with Gasteiger partial charge in [-0.05, 0) is 18.8 Å². The van der Waals surface area contributed by atoms with Gasteiger partial charge >= 0.3 is 5.97 Å². The van der Waals surface area contributed by atoms with Crippen LogP contribution in [0.1, 0.15) is 52.9 Å². The van der Waals surface area contributed by atoms with Crippen molar-refractivity contribution in [3.63, 3.8) is 0 Å². The molecule has 0 aromatic rings. The first-order chi connectivity index (χ1) is 8.08. The zero-order valence-corrected chi connectivity index (χ0v) is 11.4. The summed E-state index contributed by atoms with van der Waals surface area (Å²) >= 11 is 0. The van der Waals surface area contributed by atoms with Crippen molar-refractivity contribution in [3.05, 3.63) is 12.2 Å². The fourth-order valence-electron chi connectivity index (χ4n) is 1.74. The molecule has 2 atom stereocenters. The molecule has 0 fully saturated rings. The van der Waals surface area contributed by atoms with Gasteiger partial charge in [-0.15, -0.1) is 0 Å². The molecular weight excluding hydrogens is 216 g/mol. The summed E-state index contributed by atoms with van der Waals surface area (Å²) in [5.74, 6) is -0.356. The Labute approximate surface area is 105 Å². The highest BCUT2D eigenvalue weighted by atomic mass is 16.5. The minimum Gasteiger partial charge on any atom is -0.462 e. The fourth-order valence-corrected chi connectivity index (χ4v) is 1.74. The standard InChI is InChI=1S/C14H26O3/c1-5-8-9-12(7-3)13(15)11(4)14(16)17-10-6-2/h12-13,15H,4-10H2,1-3H3. The van der Waals surface area contributed by atoms with Crippen LogP contribution in [0.3, 0.4) is 0 Å². The third kappa shape index (κ3) is 5.87. The second kappa shape index (κ2) is 9.23. The number of hydrogen-bond donors (Lipinski definition) is 1. The average molecular weight is 242 g/mol. The van der Waals surface area contributed by atoms with Gasteiger partial charge in [0.15, 0.2) is 0 Å². The fraction of sp³-hybridized carbons (Fsp3) is 0.786. The van der Waals surface area contributed by atoms with Crippen LogP contribution in [0, 0.1) is 5.92 Å². The Morgan fingerprint density at radius 2 is 1.94 bits per heavy atom. The number of ether oxygens (including phenoxy) is 1. The molecule has 0 saturated heterocycles. The van der Waals surface area contributed by atoms with E-state index in [9.17, 15) is 9.90 Å². The molecule has 0 bridgehead atoms. The Morgan fingerprint density at radius 1 is 1.29 bits per heavy atom. The Kier molecular flexibility index (Phi) is 8.78. The largest absolute Gasteiger partial charge is 0.462 e. The van der Waals surface area contributed by atoms with Gasteiger partial charge in [-0.3, -0.25) is 0 Å². The smallest absolute Gasteiger partial charge is 0.336 e. The first kappa shape index (κ1) is 16.2. The molecule has 0 aromatic carbocycles. The van der Waals surface area contributed by atoms with E-state index in [-0.39, 0.29) is 11.5 Å². The van der Waals surface area contributed by atoms with Crippen molar-refractivity contribution in [2.45, 2.75) is 59.0 Å². The lowest BCUT2D eigenvalue weighted by Gasteiger charge is -2.22. The number of carbonyl (C=O) groups is 1. The molecule has 0 radical (unpaired) electrons. The van der Waals surface area contributed by atoms with Gasteiger partial charge in [0.05, 0.1) is 18.3 Å². The molecule has 3 nitrogen and oxygen atoms in total. The van der Waals surface area contributed by atoms with Crippen LogP contribution < -0.4 is 0 Å².